The predicted molar refractivity (Wildman–Crippen MR) is 125 cm³/mol. The number of aromatic nitrogens is 6. The lowest BCUT2D eigenvalue weighted by molar-refractivity contribution is 0.381. The number of fused-ring (bicyclic) bond motifs is 2. The summed E-state index contributed by atoms with van der Waals surface area (Å²) < 4.78 is 20.1. The van der Waals surface area contributed by atoms with Crippen LogP contribution in [0.3, 0.4) is 0 Å². The third-order valence-electron chi connectivity index (χ3n) is 5.93. The number of rotatable bonds is 4. The predicted octanol–water partition coefficient (Wildman–Crippen LogP) is 3.08. The second-order valence-electron chi connectivity index (χ2n) is 9.18. The van der Waals surface area contributed by atoms with Crippen molar-refractivity contribution in [2.24, 2.45) is 0 Å². The van der Waals surface area contributed by atoms with Crippen molar-refractivity contribution >= 4 is 22.7 Å². The van der Waals surface area contributed by atoms with Crippen LogP contribution in [-0.2, 0) is 25.0 Å². The quantitative estimate of drug-likeness (QED) is 0.496. The average molecular weight is 451 g/mol. The SMILES string of the molecule is CCn1c(=O)c2cnc(Nc3cc4c(cc3F)CCNC4)nc2n1-c1nccn1C(C)(C)C. The molecule has 0 bridgehead atoms. The number of nitrogens with one attached hydrogen (secondary N) is 2. The van der Waals surface area contributed by atoms with Crippen LogP contribution in [0.5, 0.6) is 0 Å². The summed E-state index contributed by atoms with van der Waals surface area (Å²) in [5.41, 5.74) is 2.32. The summed E-state index contributed by atoms with van der Waals surface area (Å²) in [6.45, 7) is 10.1. The van der Waals surface area contributed by atoms with Crippen LogP contribution in [-0.4, -0.2) is 35.4 Å². The van der Waals surface area contributed by atoms with Crippen LogP contribution in [0.15, 0.2) is 35.5 Å². The topological polar surface area (TPSA) is 94.6 Å². The van der Waals surface area contributed by atoms with E-state index in [1.807, 2.05) is 17.7 Å². The third kappa shape index (κ3) is 3.60. The first-order valence-electron chi connectivity index (χ1n) is 11.1. The molecule has 0 aliphatic carbocycles. The minimum atomic E-state index is -0.355. The zero-order valence-corrected chi connectivity index (χ0v) is 19.2. The van der Waals surface area contributed by atoms with Crippen molar-refractivity contribution in [3.8, 4) is 5.95 Å². The van der Waals surface area contributed by atoms with Crippen molar-refractivity contribution in [3.63, 3.8) is 0 Å². The summed E-state index contributed by atoms with van der Waals surface area (Å²) >= 11 is 0. The van der Waals surface area contributed by atoms with Crippen molar-refractivity contribution in [1.82, 2.24) is 34.2 Å². The van der Waals surface area contributed by atoms with Crippen LogP contribution in [0.25, 0.3) is 17.0 Å². The van der Waals surface area contributed by atoms with Crippen LogP contribution >= 0.6 is 0 Å². The molecule has 0 saturated heterocycles. The Kier molecular flexibility index (Phi) is 5.04. The number of benzene rings is 1. The van der Waals surface area contributed by atoms with Gasteiger partial charge in [0.25, 0.3) is 5.56 Å². The van der Waals surface area contributed by atoms with Crippen LogP contribution in [0.1, 0.15) is 38.8 Å². The molecular formula is C23H27FN8O. The maximum absolute atomic E-state index is 14.8. The average Bonchev–Trinajstić information content (AvgIpc) is 3.37. The molecule has 1 aliphatic heterocycles. The van der Waals surface area contributed by atoms with Gasteiger partial charge in [0.2, 0.25) is 11.9 Å². The minimum absolute atomic E-state index is 0.200. The van der Waals surface area contributed by atoms with Gasteiger partial charge in [-0.2, -0.15) is 9.67 Å². The molecule has 0 spiro atoms. The van der Waals surface area contributed by atoms with Crippen LogP contribution < -0.4 is 16.2 Å². The number of halogens is 1. The normalized spacial score (nSPS) is 14.0. The van der Waals surface area contributed by atoms with Gasteiger partial charge in [-0.3, -0.25) is 4.79 Å². The molecule has 0 radical (unpaired) electrons. The first kappa shape index (κ1) is 21.3. The summed E-state index contributed by atoms with van der Waals surface area (Å²) in [7, 11) is 0. The van der Waals surface area contributed by atoms with Crippen LogP contribution in [0.2, 0.25) is 0 Å². The van der Waals surface area contributed by atoms with Gasteiger partial charge in [-0.05, 0) is 63.9 Å². The van der Waals surface area contributed by atoms with E-state index in [-0.39, 0.29) is 22.9 Å². The zero-order chi connectivity index (χ0) is 23.3. The molecule has 5 rings (SSSR count). The van der Waals surface area contributed by atoms with E-state index in [2.05, 4.69) is 46.4 Å². The molecule has 4 aromatic rings. The smallest absolute Gasteiger partial charge is 0.278 e. The Morgan fingerprint density at radius 2 is 2.03 bits per heavy atom. The monoisotopic (exact) mass is 450 g/mol. The summed E-state index contributed by atoms with van der Waals surface area (Å²) in [4.78, 5) is 26.5. The number of imidazole rings is 1. The second kappa shape index (κ2) is 7.80. The second-order valence-corrected chi connectivity index (χ2v) is 9.18. The highest BCUT2D eigenvalue weighted by Gasteiger charge is 2.24. The maximum atomic E-state index is 14.8. The zero-order valence-electron chi connectivity index (χ0n) is 19.2. The van der Waals surface area contributed by atoms with Gasteiger partial charge in [-0.1, -0.05) is 0 Å². The Hall–Kier alpha value is -3.53. The molecule has 0 saturated carbocycles. The van der Waals surface area contributed by atoms with Gasteiger partial charge in [0, 0.05) is 37.2 Å². The van der Waals surface area contributed by atoms with Gasteiger partial charge in [0.1, 0.15) is 11.2 Å². The van der Waals surface area contributed by atoms with Gasteiger partial charge < -0.3 is 15.2 Å². The highest BCUT2D eigenvalue weighted by Crippen LogP contribution is 2.26. The van der Waals surface area contributed by atoms with Crippen molar-refractivity contribution in [2.45, 2.75) is 52.7 Å². The number of nitrogens with zero attached hydrogens (tertiary/aromatic N) is 6. The Morgan fingerprint density at radius 3 is 2.79 bits per heavy atom. The van der Waals surface area contributed by atoms with E-state index in [9.17, 15) is 9.18 Å². The highest BCUT2D eigenvalue weighted by atomic mass is 19.1. The molecule has 0 atom stereocenters. The molecule has 0 unspecified atom stereocenters. The molecule has 33 heavy (non-hydrogen) atoms. The van der Waals surface area contributed by atoms with Crippen molar-refractivity contribution in [3.05, 3.63) is 58.0 Å². The molecule has 1 aliphatic rings. The Bertz CT molecular complexity index is 1410. The third-order valence-corrected chi connectivity index (χ3v) is 5.93. The van der Waals surface area contributed by atoms with E-state index in [1.165, 1.54) is 6.20 Å². The molecule has 172 valence electrons. The van der Waals surface area contributed by atoms with Crippen LogP contribution in [0, 0.1) is 5.82 Å². The molecule has 10 heteroatoms. The first-order chi connectivity index (χ1) is 15.8. The summed E-state index contributed by atoms with van der Waals surface area (Å²) in [5.74, 6) is 0.430. The fourth-order valence-electron chi connectivity index (χ4n) is 4.27. The van der Waals surface area contributed by atoms with Crippen molar-refractivity contribution in [1.29, 1.82) is 0 Å². The minimum Gasteiger partial charge on any atom is -0.322 e. The fraction of sp³-hybridized carbons (Fsp3) is 0.391. The van der Waals surface area contributed by atoms with Gasteiger partial charge in [-0.15, -0.1) is 0 Å². The Morgan fingerprint density at radius 1 is 1.21 bits per heavy atom. The lowest BCUT2D eigenvalue weighted by Gasteiger charge is -2.24. The lowest BCUT2D eigenvalue weighted by atomic mass is 10.00. The van der Waals surface area contributed by atoms with E-state index in [4.69, 9.17) is 0 Å². The number of hydrogen-bond donors (Lipinski definition) is 2. The van der Waals surface area contributed by atoms with E-state index in [1.54, 1.807) is 27.7 Å². The van der Waals surface area contributed by atoms with Crippen molar-refractivity contribution in [2.75, 3.05) is 11.9 Å². The Labute approximate surface area is 190 Å². The standard InChI is InChI=1S/C23H27FN8O/c1-5-31-20(33)16-13-27-21(28-18-11-15-12-25-7-6-14(15)10-17(18)24)29-19(16)32(31)22-26-8-9-30(22)23(2,3)4/h8-11,13,25H,5-7,12H2,1-4H3,(H,27,28,29). The molecule has 9 nitrogen and oxygen atoms in total. The molecular weight excluding hydrogens is 423 g/mol. The summed E-state index contributed by atoms with van der Waals surface area (Å²) in [6.07, 6.45) is 5.86. The van der Waals surface area contributed by atoms with Gasteiger partial charge in [0.15, 0.2) is 5.65 Å². The van der Waals surface area contributed by atoms with E-state index >= 15 is 0 Å². The van der Waals surface area contributed by atoms with E-state index in [0.717, 1.165) is 24.1 Å². The molecule has 0 fully saturated rings. The molecule has 3 aromatic heterocycles. The molecule has 1 aromatic carbocycles. The first-order valence-corrected chi connectivity index (χ1v) is 11.1. The van der Waals surface area contributed by atoms with Gasteiger partial charge >= 0.3 is 0 Å². The summed E-state index contributed by atoms with van der Waals surface area (Å²) in [6, 6.07) is 3.36. The van der Waals surface area contributed by atoms with Crippen LogP contribution in [0.4, 0.5) is 16.0 Å². The fourth-order valence-corrected chi connectivity index (χ4v) is 4.27. The number of anilines is 2. The maximum Gasteiger partial charge on any atom is 0.278 e. The van der Waals surface area contributed by atoms with Gasteiger partial charge in [-0.25, -0.2) is 19.0 Å². The summed E-state index contributed by atoms with van der Waals surface area (Å²) in [5, 5.41) is 6.68. The van der Waals surface area contributed by atoms with Crippen molar-refractivity contribution < 1.29 is 4.39 Å². The molecule has 2 N–H and O–H groups in total. The number of hydrogen-bond acceptors (Lipinski definition) is 6. The largest absolute Gasteiger partial charge is 0.322 e. The molecule has 0 amide bonds. The highest BCUT2D eigenvalue weighted by molar-refractivity contribution is 5.76. The van der Waals surface area contributed by atoms with E-state index in [0.29, 0.717) is 35.8 Å². The van der Waals surface area contributed by atoms with E-state index < -0.39 is 0 Å². The molecule has 4 heterocycles. The lowest BCUT2D eigenvalue weighted by Crippen LogP contribution is -2.28. The Balaban J connectivity index is 1.64. The van der Waals surface area contributed by atoms with Gasteiger partial charge in [0.05, 0.1) is 5.69 Å².